The fraction of sp³-hybridized carbons (Fsp3) is 0. The van der Waals surface area contributed by atoms with E-state index in [0.717, 1.165) is 10.0 Å². The first-order chi connectivity index (χ1) is 8.95. The normalized spacial score (nSPS) is 10.3. The second-order valence-electron chi connectivity index (χ2n) is 3.71. The molecule has 0 atom stereocenters. The molecule has 19 heavy (non-hydrogen) atoms. The topological polar surface area (TPSA) is 35.2 Å². The molecule has 2 nitrogen and oxygen atoms in total. The smallest absolute Gasteiger partial charge is 0.130 e. The predicted molar refractivity (Wildman–Crippen MR) is 86.6 cm³/mol. The highest BCUT2D eigenvalue weighted by molar-refractivity contribution is 9.10. The van der Waals surface area contributed by atoms with Gasteiger partial charge in [-0.05, 0) is 52.3 Å². The van der Waals surface area contributed by atoms with Crippen molar-refractivity contribution in [3.8, 4) is 11.5 Å². The van der Waals surface area contributed by atoms with E-state index in [4.69, 9.17) is 45.9 Å². The molecule has 6 heteroatoms. The highest BCUT2D eigenvalue weighted by atomic mass is 79.9. The molecule has 0 heterocycles. The summed E-state index contributed by atoms with van der Waals surface area (Å²) in [5, 5.41) is 1.03. The lowest BCUT2D eigenvalue weighted by molar-refractivity contribution is 0.482. The van der Waals surface area contributed by atoms with Crippen molar-refractivity contribution >= 4 is 56.3 Å². The van der Waals surface area contributed by atoms with Gasteiger partial charge in [-0.2, -0.15) is 0 Å². The van der Waals surface area contributed by atoms with Gasteiger partial charge in [-0.3, -0.25) is 0 Å². The van der Waals surface area contributed by atoms with E-state index in [1.54, 1.807) is 36.4 Å². The summed E-state index contributed by atoms with van der Waals surface area (Å²) in [5.74, 6) is 1.19. The minimum Gasteiger partial charge on any atom is -0.457 e. The average molecular weight is 377 g/mol. The summed E-state index contributed by atoms with van der Waals surface area (Å²) in [6.07, 6.45) is 0. The van der Waals surface area contributed by atoms with Crippen molar-refractivity contribution in [3.63, 3.8) is 0 Å². The van der Waals surface area contributed by atoms with Gasteiger partial charge in [-0.1, -0.05) is 35.4 Å². The molecule has 98 valence electrons. The summed E-state index contributed by atoms with van der Waals surface area (Å²) in [6, 6.07) is 10.3. The zero-order chi connectivity index (χ0) is 14.0. The molecule has 2 aromatic carbocycles. The van der Waals surface area contributed by atoms with E-state index < -0.39 is 0 Å². The molecule has 0 fully saturated rings. The molecular formula is C13H8BrCl2NOS. The quantitative estimate of drug-likeness (QED) is 0.749. The third-order valence-electron chi connectivity index (χ3n) is 2.28. The Balaban J connectivity index is 2.28. The molecule has 0 amide bonds. The monoisotopic (exact) mass is 375 g/mol. The molecule has 0 saturated carbocycles. The van der Waals surface area contributed by atoms with Gasteiger partial charge in [-0.15, -0.1) is 0 Å². The molecule has 0 spiro atoms. The SMILES string of the molecule is NC(=S)c1ccc(Oc2cc(Cl)cc(Cl)c2)cc1Br. The van der Waals surface area contributed by atoms with Crippen molar-refractivity contribution in [2.45, 2.75) is 0 Å². The van der Waals surface area contributed by atoms with E-state index in [0.29, 0.717) is 26.5 Å². The summed E-state index contributed by atoms with van der Waals surface area (Å²) >= 11 is 20.1. The second-order valence-corrected chi connectivity index (χ2v) is 5.88. The van der Waals surface area contributed by atoms with Gasteiger partial charge in [0.2, 0.25) is 0 Å². The molecular weight excluding hydrogens is 369 g/mol. The lowest BCUT2D eigenvalue weighted by Gasteiger charge is -2.09. The van der Waals surface area contributed by atoms with Gasteiger partial charge in [0.1, 0.15) is 16.5 Å². The Morgan fingerprint density at radius 3 is 2.21 bits per heavy atom. The Hall–Kier alpha value is -0.810. The minimum absolute atomic E-state index is 0.323. The Bertz CT molecular complexity index is 628. The van der Waals surface area contributed by atoms with Gasteiger partial charge in [-0.25, -0.2) is 0 Å². The fourth-order valence-corrected chi connectivity index (χ4v) is 2.87. The minimum atomic E-state index is 0.323. The van der Waals surface area contributed by atoms with Crippen LogP contribution in [-0.4, -0.2) is 4.99 Å². The van der Waals surface area contributed by atoms with Crippen molar-refractivity contribution in [2.75, 3.05) is 0 Å². The van der Waals surface area contributed by atoms with Crippen LogP contribution in [0.5, 0.6) is 11.5 Å². The van der Waals surface area contributed by atoms with E-state index in [-0.39, 0.29) is 0 Å². The van der Waals surface area contributed by atoms with E-state index >= 15 is 0 Å². The molecule has 2 rings (SSSR count). The Kier molecular flexibility index (Phi) is 4.68. The van der Waals surface area contributed by atoms with E-state index in [9.17, 15) is 0 Å². The number of hydrogen-bond donors (Lipinski definition) is 1. The van der Waals surface area contributed by atoms with Crippen molar-refractivity contribution < 1.29 is 4.74 Å². The zero-order valence-electron chi connectivity index (χ0n) is 9.49. The standard InChI is InChI=1S/C13H8BrCl2NOS/c14-12-6-9(1-2-11(12)13(17)19)18-10-4-7(15)3-8(16)5-10/h1-6H,(H2,17,19). The third-order valence-corrected chi connectivity index (χ3v) is 3.59. The van der Waals surface area contributed by atoms with Crippen molar-refractivity contribution in [1.82, 2.24) is 0 Å². The number of benzene rings is 2. The van der Waals surface area contributed by atoms with Crippen LogP contribution >= 0.6 is 51.3 Å². The third kappa shape index (κ3) is 3.83. The average Bonchev–Trinajstić information content (AvgIpc) is 2.26. The first-order valence-electron chi connectivity index (χ1n) is 5.19. The van der Waals surface area contributed by atoms with E-state index in [1.807, 2.05) is 0 Å². The maximum absolute atomic E-state index is 5.91. The molecule has 2 N–H and O–H groups in total. The fourth-order valence-electron chi connectivity index (χ4n) is 1.48. The van der Waals surface area contributed by atoms with Gasteiger partial charge in [0.15, 0.2) is 0 Å². The Morgan fingerprint density at radius 2 is 1.68 bits per heavy atom. The first-order valence-corrected chi connectivity index (χ1v) is 7.15. The Labute approximate surface area is 134 Å². The lowest BCUT2D eigenvalue weighted by Crippen LogP contribution is -2.09. The second kappa shape index (κ2) is 6.09. The summed E-state index contributed by atoms with van der Waals surface area (Å²) in [5.41, 5.74) is 6.34. The number of thiocarbonyl (C=S) groups is 1. The van der Waals surface area contributed by atoms with Crippen LogP contribution in [0.2, 0.25) is 10.0 Å². The predicted octanol–water partition coefficient (Wildman–Crippen LogP) is 5.18. The van der Waals surface area contributed by atoms with Gasteiger partial charge in [0.05, 0.1) is 0 Å². The van der Waals surface area contributed by atoms with Crippen LogP contribution in [0, 0.1) is 0 Å². The number of hydrogen-bond acceptors (Lipinski definition) is 2. The molecule has 0 aliphatic heterocycles. The van der Waals surface area contributed by atoms with Crippen LogP contribution in [0.1, 0.15) is 5.56 Å². The van der Waals surface area contributed by atoms with Gasteiger partial charge in [0.25, 0.3) is 0 Å². The molecule has 2 aromatic rings. The van der Waals surface area contributed by atoms with Crippen LogP contribution in [0.3, 0.4) is 0 Å². The van der Waals surface area contributed by atoms with Gasteiger partial charge in [0, 0.05) is 20.1 Å². The summed E-state index contributed by atoms with van der Waals surface area (Å²) in [7, 11) is 0. The maximum atomic E-state index is 5.91. The maximum Gasteiger partial charge on any atom is 0.130 e. The lowest BCUT2D eigenvalue weighted by atomic mass is 10.2. The molecule has 0 aliphatic carbocycles. The summed E-state index contributed by atoms with van der Waals surface area (Å²) in [6.45, 7) is 0. The van der Waals surface area contributed by atoms with E-state index in [2.05, 4.69) is 15.9 Å². The highest BCUT2D eigenvalue weighted by Crippen LogP contribution is 2.30. The van der Waals surface area contributed by atoms with Crippen LogP contribution in [0.4, 0.5) is 0 Å². The van der Waals surface area contributed by atoms with Crippen molar-refractivity contribution in [1.29, 1.82) is 0 Å². The first kappa shape index (κ1) is 14.6. The Morgan fingerprint density at radius 1 is 1.05 bits per heavy atom. The molecule has 0 radical (unpaired) electrons. The van der Waals surface area contributed by atoms with Crippen LogP contribution in [0.15, 0.2) is 40.9 Å². The molecule has 0 saturated heterocycles. The largest absolute Gasteiger partial charge is 0.457 e. The number of rotatable bonds is 3. The van der Waals surface area contributed by atoms with E-state index in [1.165, 1.54) is 0 Å². The van der Waals surface area contributed by atoms with Gasteiger partial charge >= 0.3 is 0 Å². The highest BCUT2D eigenvalue weighted by Gasteiger charge is 2.06. The summed E-state index contributed by atoms with van der Waals surface area (Å²) < 4.78 is 6.44. The number of nitrogens with two attached hydrogens (primary N) is 1. The molecule has 0 aromatic heterocycles. The van der Waals surface area contributed by atoms with Crippen molar-refractivity contribution in [2.24, 2.45) is 5.73 Å². The molecule has 0 unspecified atom stereocenters. The summed E-state index contributed by atoms with van der Waals surface area (Å²) in [4.78, 5) is 0.323. The van der Waals surface area contributed by atoms with Gasteiger partial charge < -0.3 is 10.5 Å². The van der Waals surface area contributed by atoms with Crippen molar-refractivity contribution in [3.05, 3.63) is 56.5 Å². The molecule has 0 bridgehead atoms. The zero-order valence-corrected chi connectivity index (χ0v) is 13.4. The number of ether oxygens (including phenoxy) is 1. The van der Waals surface area contributed by atoms with Crippen LogP contribution < -0.4 is 10.5 Å². The molecule has 0 aliphatic rings. The van der Waals surface area contributed by atoms with Crippen LogP contribution in [-0.2, 0) is 0 Å². The number of halogens is 3. The van der Waals surface area contributed by atoms with Crippen LogP contribution in [0.25, 0.3) is 0 Å².